The molecule has 0 saturated heterocycles. The second-order valence-corrected chi connectivity index (χ2v) is 7.28. The number of aliphatic hydroxyl groups excluding tert-OH is 1. The fourth-order valence-electron chi connectivity index (χ4n) is 3.27. The van der Waals surface area contributed by atoms with Crippen LogP contribution in [0.4, 0.5) is 5.69 Å². The highest BCUT2D eigenvalue weighted by molar-refractivity contribution is 9.10. The fourth-order valence-corrected chi connectivity index (χ4v) is 3.63. The molecule has 0 atom stereocenters. The Morgan fingerprint density at radius 2 is 2.10 bits per heavy atom. The Kier molecular flexibility index (Phi) is 4.36. The third kappa shape index (κ3) is 3.01. The molecule has 0 spiro atoms. The SMILES string of the molecule is O=c1c(NC2(CO)CCCC2)c(Br)cnn1CC1CCC1. The number of anilines is 1. The van der Waals surface area contributed by atoms with Crippen LogP contribution in [0.15, 0.2) is 15.5 Å². The molecule has 2 N–H and O–H groups in total. The summed E-state index contributed by atoms with van der Waals surface area (Å²) >= 11 is 3.42. The lowest BCUT2D eigenvalue weighted by molar-refractivity contribution is 0.213. The average Bonchev–Trinajstić information content (AvgIpc) is 2.90. The molecule has 0 bridgehead atoms. The van der Waals surface area contributed by atoms with Crippen LogP contribution in [0.1, 0.15) is 44.9 Å². The standard InChI is InChI=1S/C15H22BrN3O2/c16-12-8-17-19(9-11-4-3-5-11)14(21)13(12)18-15(10-20)6-1-2-7-15/h8,11,18,20H,1-7,9-10H2. The van der Waals surface area contributed by atoms with Crippen LogP contribution in [-0.4, -0.2) is 27.0 Å². The van der Waals surface area contributed by atoms with Gasteiger partial charge in [-0.05, 0) is 47.5 Å². The maximum Gasteiger partial charge on any atom is 0.291 e. The lowest BCUT2D eigenvalue weighted by atomic mass is 9.85. The van der Waals surface area contributed by atoms with Gasteiger partial charge in [-0.25, -0.2) is 4.68 Å². The highest BCUT2D eigenvalue weighted by Crippen LogP contribution is 2.34. The van der Waals surface area contributed by atoms with Crippen molar-refractivity contribution in [1.29, 1.82) is 0 Å². The van der Waals surface area contributed by atoms with Crippen LogP contribution in [0.25, 0.3) is 0 Å². The Morgan fingerprint density at radius 1 is 1.38 bits per heavy atom. The topological polar surface area (TPSA) is 67.2 Å². The molecule has 0 radical (unpaired) electrons. The van der Waals surface area contributed by atoms with Crippen molar-refractivity contribution >= 4 is 21.6 Å². The van der Waals surface area contributed by atoms with Crippen LogP contribution in [0.2, 0.25) is 0 Å². The van der Waals surface area contributed by atoms with Crippen LogP contribution < -0.4 is 10.9 Å². The quantitative estimate of drug-likeness (QED) is 0.851. The average molecular weight is 356 g/mol. The van der Waals surface area contributed by atoms with Crippen molar-refractivity contribution in [2.24, 2.45) is 5.92 Å². The number of aliphatic hydroxyl groups is 1. The second-order valence-electron chi connectivity index (χ2n) is 6.42. The highest BCUT2D eigenvalue weighted by Gasteiger charge is 2.34. The van der Waals surface area contributed by atoms with Crippen LogP contribution in [0.5, 0.6) is 0 Å². The summed E-state index contributed by atoms with van der Waals surface area (Å²) < 4.78 is 2.24. The molecule has 2 saturated carbocycles. The van der Waals surface area contributed by atoms with E-state index < -0.39 is 0 Å². The van der Waals surface area contributed by atoms with E-state index in [1.807, 2.05) is 0 Å². The summed E-state index contributed by atoms with van der Waals surface area (Å²) in [6.45, 7) is 0.761. The number of halogens is 1. The Labute approximate surface area is 132 Å². The molecule has 1 aromatic heterocycles. The molecule has 1 aromatic rings. The molecule has 0 aromatic carbocycles. The monoisotopic (exact) mass is 355 g/mol. The predicted octanol–water partition coefficient (Wildman–Crippen LogP) is 2.52. The molecule has 2 aliphatic rings. The largest absolute Gasteiger partial charge is 0.394 e. The minimum Gasteiger partial charge on any atom is -0.394 e. The molecule has 2 aliphatic carbocycles. The van der Waals surface area contributed by atoms with E-state index in [0.717, 1.165) is 25.7 Å². The van der Waals surface area contributed by atoms with Crippen molar-refractivity contribution in [2.45, 2.75) is 57.0 Å². The van der Waals surface area contributed by atoms with Gasteiger partial charge in [0.25, 0.3) is 5.56 Å². The smallest absolute Gasteiger partial charge is 0.291 e. The zero-order valence-electron chi connectivity index (χ0n) is 12.1. The number of aromatic nitrogens is 2. The Morgan fingerprint density at radius 3 is 2.67 bits per heavy atom. The van der Waals surface area contributed by atoms with E-state index in [1.165, 1.54) is 19.3 Å². The van der Waals surface area contributed by atoms with Gasteiger partial charge < -0.3 is 10.4 Å². The van der Waals surface area contributed by atoms with Gasteiger partial charge in [0.2, 0.25) is 0 Å². The first-order valence-electron chi connectivity index (χ1n) is 7.78. The number of nitrogens with one attached hydrogen (secondary N) is 1. The number of hydrogen-bond acceptors (Lipinski definition) is 4. The molecule has 3 rings (SSSR count). The minimum atomic E-state index is -0.350. The van der Waals surface area contributed by atoms with Crippen LogP contribution in [0, 0.1) is 5.92 Å². The van der Waals surface area contributed by atoms with Gasteiger partial charge in [0.1, 0.15) is 5.69 Å². The van der Waals surface area contributed by atoms with Gasteiger partial charge >= 0.3 is 0 Å². The molecule has 21 heavy (non-hydrogen) atoms. The highest BCUT2D eigenvalue weighted by atomic mass is 79.9. The summed E-state index contributed by atoms with van der Waals surface area (Å²) in [5.74, 6) is 0.586. The first-order chi connectivity index (χ1) is 10.1. The molecule has 6 heteroatoms. The molecule has 5 nitrogen and oxygen atoms in total. The third-order valence-electron chi connectivity index (χ3n) is 4.91. The van der Waals surface area contributed by atoms with E-state index in [-0.39, 0.29) is 17.7 Å². The van der Waals surface area contributed by atoms with Crippen LogP contribution in [-0.2, 0) is 6.54 Å². The van der Waals surface area contributed by atoms with Gasteiger partial charge in [-0.3, -0.25) is 4.79 Å². The zero-order chi connectivity index (χ0) is 14.9. The third-order valence-corrected chi connectivity index (χ3v) is 5.51. The van der Waals surface area contributed by atoms with Crippen molar-refractivity contribution in [2.75, 3.05) is 11.9 Å². The maximum atomic E-state index is 12.6. The van der Waals surface area contributed by atoms with E-state index in [2.05, 4.69) is 26.3 Å². The van der Waals surface area contributed by atoms with E-state index in [9.17, 15) is 9.90 Å². The molecule has 0 aliphatic heterocycles. The van der Waals surface area contributed by atoms with Gasteiger partial charge in [-0.1, -0.05) is 19.3 Å². The van der Waals surface area contributed by atoms with Crippen molar-refractivity contribution < 1.29 is 5.11 Å². The second kappa shape index (κ2) is 6.08. The summed E-state index contributed by atoms with van der Waals surface area (Å²) in [6, 6.07) is 0. The number of hydrogen-bond donors (Lipinski definition) is 2. The lowest BCUT2D eigenvalue weighted by Gasteiger charge is -2.30. The minimum absolute atomic E-state index is 0.0594. The zero-order valence-corrected chi connectivity index (χ0v) is 13.7. The van der Waals surface area contributed by atoms with Crippen molar-refractivity contribution in [3.63, 3.8) is 0 Å². The molecular weight excluding hydrogens is 334 g/mol. The summed E-state index contributed by atoms with van der Waals surface area (Å²) in [5, 5.41) is 17.3. The lowest BCUT2D eigenvalue weighted by Crippen LogP contribution is -2.42. The van der Waals surface area contributed by atoms with Crippen molar-refractivity contribution in [3.8, 4) is 0 Å². The van der Waals surface area contributed by atoms with Crippen LogP contribution >= 0.6 is 15.9 Å². The van der Waals surface area contributed by atoms with Gasteiger partial charge in [-0.2, -0.15) is 5.10 Å². The Balaban J connectivity index is 1.86. The summed E-state index contributed by atoms with van der Waals surface area (Å²) in [7, 11) is 0. The molecule has 2 fully saturated rings. The summed E-state index contributed by atoms with van der Waals surface area (Å²) in [5.41, 5.74) is 0.105. The maximum absolute atomic E-state index is 12.6. The van der Waals surface area contributed by atoms with Gasteiger partial charge in [0.15, 0.2) is 0 Å². The molecule has 0 amide bonds. The molecular formula is C15H22BrN3O2. The van der Waals surface area contributed by atoms with Crippen molar-refractivity contribution in [1.82, 2.24) is 9.78 Å². The van der Waals surface area contributed by atoms with Crippen LogP contribution in [0.3, 0.4) is 0 Å². The number of nitrogens with zero attached hydrogens (tertiary/aromatic N) is 2. The van der Waals surface area contributed by atoms with E-state index in [4.69, 9.17) is 0 Å². The Hall–Kier alpha value is -0.880. The fraction of sp³-hybridized carbons (Fsp3) is 0.733. The first-order valence-corrected chi connectivity index (χ1v) is 8.57. The van der Waals surface area contributed by atoms with E-state index in [0.29, 0.717) is 22.6 Å². The van der Waals surface area contributed by atoms with E-state index in [1.54, 1.807) is 10.9 Å². The van der Waals surface area contributed by atoms with E-state index >= 15 is 0 Å². The normalized spacial score (nSPS) is 21.2. The molecule has 116 valence electrons. The van der Waals surface area contributed by atoms with Gasteiger partial charge in [0.05, 0.1) is 22.8 Å². The summed E-state index contributed by atoms with van der Waals surface area (Å²) in [6.07, 6.45) is 9.30. The molecule has 1 heterocycles. The first kappa shape index (κ1) is 15.0. The van der Waals surface area contributed by atoms with Gasteiger partial charge in [-0.15, -0.1) is 0 Å². The number of rotatable bonds is 5. The molecule has 0 unspecified atom stereocenters. The summed E-state index contributed by atoms with van der Waals surface area (Å²) in [4.78, 5) is 12.6. The van der Waals surface area contributed by atoms with Crippen molar-refractivity contribution in [3.05, 3.63) is 21.0 Å². The Bertz CT molecular complexity index is 563. The van der Waals surface area contributed by atoms with Gasteiger partial charge in [0, 0.05) is 6.54 Å². The predicted molar refractivity (Wildman–Crippen MR) is 85.4 cm³/mol.